The monoisotopic (exact) mass is 474 g/mol. The molecular weight excluding hydrogens is 448 g/mol. The smallest absolute Gasteiger partial charge is 0.338 e. The topological polar surface area (TPSA) is 62.6 Å². The first-order valence-corrected chi connectivity index (χ1v) is 11.6. The third-order valence-corrected chi connectivity index (χ3v) is 5.86. The molecular formula is C28H27ClN2O3. The van der Waals surface area contributed by atoms with Gasteiger partial charge in [0, 0.05) is 11.4 Å². The quantitative estimate of drug-likeness (QED) is 0.387. The SMILES string of the molecule is CC(C)(C)OC(=O)c1ccc(C[C@@H]2C[C@H](c3ccc(Cl)cc3)ON2c2ccc(C#N)cc2)cc1. The predicted molar refractivity (Wildman–Crippen MR) is 133 cm³/mol. The van der Waals surface area contributed by atoms with E-state index in [-0.39, 0.29) is 18.1 Å². The Hall–Kier alpha value is -3.33. The van der Waals surface area contributed by atoms with Gasteiger partial charge in [-0.05, 0) is 86.8 Å². The second-order valence-corrected chi connectivity index (χ2v) is 9.86. The van der Waals surface area contributed by atoms with Crippen LogP contribution in [-0.2, 0) is 16.0 Å². The lowest BCUT2D eigenvalue weighted by atomic mass is 9.97. The number of carbonyl (C=O) groups is 1. The van der Waals surface area contributed by atoms with Crippen LogP contribution in [0, 0.1) is 11.3 Å². The van der Waals surface area contributed by atoms with Gasteiger partial charge in [0.15, 0.2) is 0 Å². The van der Waals surface area contributed by atoms with E-state index in [1.165, 1.54) is 0 Å². The van der Waals surface area contributed by atoms with Gasteiger partial charge in [-0.1, -0.05) is 35.9 Å². The highest BCUT2D eigenvalue weighted by Gasteiger charge is 2.35. The van der Waals surface area contributed by atoms with E-state index in [9.17, 15) is 4.79 Å². The van der Waals surface area contributed by atoms with Gasteiger partial charge in [-0.3, -0.25) is 9.90 Å². The van der Waals surface area contributed by atoms with Crippen LogP contribution in [-0.4, -0.2) is 17.6 Å². The number of ether oxygens (including phenoxy) is 1. The molecule has 4 rings (SSSR count). The number of hydrogen-bond acceptors (Lipinski definition) is 5. The van der Waals surface area contributed by atoms with E-state index >= 15 is 0 Å². The Morgan fingerprint density at radius 3 is 2.29 bits per heavy atom. The van der Waals surface area contributed by atoms with Crippen LogP contribution in [0.3, 0.4) is 0 Å². The Morgan fingerprint density at radius 2 is 1.71 bits per heavy atom. The van der Waals surface area contributed by atoms with Crippen LogP contribution < -0.4 is 5.06 Å². The molecule has 0 amide bonds. The number of benzene rings is 3. The molecule has 0 unspecified atom stereocenters. The Kier molecular flexibility index (Phi) is 6.92. The van der Waals surface area contributed by atoms with Gasteiger partial charge in [-0.25, -0.2) is 4.79 Å². The number of esters is 1. The van der Waals surface area contributed by atoms with Gasteiger partial charge in [-0.15, -0.1) is 0 Å². The molecule has 6 heteroatoms. The summed E-state index contributed by atoms with van der Waals surface area (Å²) in [7, 11) is 0. The summed E-state index contributed by atoms with van der Waals surface area (Å²) in [6, 6.07) is 24.9. The van der Waals surface area contributed by atoms with Crippen LogP contribution in [0.25, 0.3) is 0 Å². The van der Waals surface area contributed by atoms with Crippen molar-refractivity contribution in [3.8, 4) is 6.07 Å². The van der Waals surface area contributed by atoms with E-state index in [0.29, 0.717) is 16.1 Å². The minimum atomic E-state index is -0.533. The van der Waals surface area contributed by atoms with Crippen molar-refractivity contribution < 1.29 is 14.4 Å². The van der Waals surface area contributed by atoms with Gasteiger partial charge >= 0.3 is 5.97 Å². The molecule has 2 atom stereocenters. The second-order valence-electron chi connectivity index (χ2n) is 9.42. The molecule has 1 heterocycles. The number of rotatable bonds is 5. The summed E-state index contributed by atoms with van der Waals surface area (Å²) in [5.41, 5.74) is 3.65. The summed E-state index contributed by atoms with van der Waals surface area (Å²) < 4.78 is 5.46. The molecule has 0 aliphatic carbocycles. The normalized spacial score (nSPS) is 17.9. The largest absolute Gasteiger partial charge is 0.456 e. The average Bonchev–Trinajstić information content (AvgIpc) is 3.22. The van der Waals surface area contributed by atoms with Crippen LogP contribution in [0.1, 0.15) is 60.3 Å². The molecule has 0 N–H and O–H groups in total. The third-order valence-electron chi connectivity index (χ3n) is 5.61. The standard InChI is InChI=1S/C28H27ClN2O3/c1-28(2,3)33-27(32)22-8-4-19(5-9-22)16-25-17-26(21-10-12-23(29)13-11-21)34-31(25)24-14-6-20(18-30)7-15-24/h4-15,25-26H,16-17H2,1-3H3/t25-,26-/m1/s1. The molecule has 0 bridgehead atoms. The van der Waals surface area contributed by atoms with Crippen molar-refractivity contribution >= 4 is 23.3 Å². The van der Waals surface area contributed by atoms with E-state index < -0.39 is 5.60 Å². The van der Waals surface area contributed by atoms with Gasteiger partial charge < -0.3 is 4.74 Å². The van der Waals surface area contributed by atoms with Gasteiger partial charge in [0.05, 0.1) is 28.9 Å². The number of nitriles is 1. The third kappa shape index (κ3) is 5.77. The molecule has 1 aliphatic rings. The molecule has 1 aliphatic heterocycles. The molecule has 34 heavy (non-hydrogen) atoms. The molecule has 1 fully saturated rings. The predicted octanol–water partition coefficient (Wildman–Crippen LogP) is 6.66. The van der Waals surface area contributed by atoms with E-state index in [1.54, 1.807) is 12.1 Å². The first-order valence-electron chi connectivity index (χ1n) is 11.3. The Bertz CT molecular complexity index is 1180. The molecule has 1 saturated heterocycles. The van der Waals surface area contributed by atoms with Gasteiger partial charge in [0.1, 0.15) is 11.7 Å². The fourth-order valence-electron chi connectivity index (χ4n) is 3.99. The summed E-state index contributed by atoms with van der Waals surface area (Å²) in [5, 5.41) is 11.8. The lowest BCUT2D eigenvalue weighted by molar-refractivity contribution is 0.00695. The lowest BCUT2D eigenvalue weighted by Gasteiger charge is -2.25. The van der Waals surface area contributed by atoms with E-state index in [4.69, 9.17) is 26.4 Å². The number of halogens is 1. The average molecular weight is 475 g/mol. The number of carbonyl (C=O) groups excluding carboxylic acids is 1. The molecule has 174 valence electrons. The summed E-state index contributed by atoms with van der Waals surface area (Å²) in [6.07, 6.45) is 1.41. The molecule has 3 aromatic rings. The summed E-state index contributed by atoms with van der Waals surface area (Å²) in [5.74, 6) is -0.328. The van der Waals surface area contributed by atoms with Crippen LogP contribution in [0.15, 0.2) is 72.8 Å². The first-order chi connectivity index (χ1) is 16.2. The second kappa shape index (κ2) is 9.89. The highest BCUT2D eigenvalue weighted by Crippen LogP contribution is 2.38. The number of nitrogens with zero attached hydrogens (tertiary/aromatic N) is 2. The highest BCUT2D eigenvalue weighted by atomic mass is 35.5. The van der Waals surface area contributed by atoms with Crippen molar-refractivity contribution in [3.05, 3.63) is 100 Å². The minimum Gasteiger partial charge on any atom is -0.456 e. The number of hydrogen-bond donors (Lipinski definition) is 0. The van der Waals surface area contributed by atoms with Crippen LogP contribution in [0.5, 0.6) is 0 Å². The fraction of sp³-hybridized carbons (Fsp3) is 0.286. The Morgan fingerprint density at radius 1 is 1.06 bits per heavy atom. The molecule has 0 aromatic heterocycles. The molecule has 5 nitrogen and oxygen atoms in total. The van der Waals surface area contributed by atoms with E-state index in [0.717, 1.165) is 29.7 Å². The van der Waals surface area contributed by atoms with Crippen molar-refractivity contribution in [1.82, 2.24) is 0 Å². The van der Waals surface area contributed by atoms with Crippen LogP contribution >= 0.6 is 11.6 Å². The number of hydroxylamine groups is 1. The first kappa shape index (κ1) is 23.8. The number of anilines is 1. The zero-order valence-electron chi connectivity index (χ0n) is 19.5. The molecule has 0 saturated carbocycles. The van der Waals surface area contributed by atoms with Gasteiger partial charge in [-0.2, -0.15) is 5.26 Å². The maximum atomic E-state index is 12.3. The Labute approximate surface area is 205 Å². The van der Waals surface area contributed by atoms with Gasteiger partial charge in [0.2, 0.25) is 0 Å². The summed E-state index contributed by atoms with van der Waals surface area (Å²) in [4.78, 5) is 18.7. The molecule has 0 radical (unpaired) electrons. The zero-order valence-corrected chi connectivity index (χ0v) is 20.3. The molecule has 0 spiro atoms. The maximum absolute atomic E-state index is 12.3. The zero-order chi connectivity index (χ0) is 24.3. The summed E-state index contributed by atoms with van der Waals surface area (Å²) in [6.45, 7) is 5.57. The van der Waals surface area contributed by atoms with Crippen molar-refractivity contribution in [2.24, 2.45) is 0 Å². The minimum absolute atomic E-state index is 0.0704. The highest BCUT2D eigenvalue weighted by molar-refractivity contribution is 6.30. The van der Waals surface area contributed by atoms with Crippen LogP contribution in [0.4, 0.5) is 5.69 Å². The van der Waals surface area contributed by atoms with E-state index in [1.807, 2.05) is 86.5 Å². The maximum Gasteiger partial charge on any atom is 0.338 e. The van der Waals surface area contributed by atoms with Crippen molar-refractivity contribution in [2.75, 3.05) is 5.06 Å². The van der Waals surface area contributed by atoms with E-state index in [2.05, 4.69) is 6.07 Å². The van der Waals surface area contributed by atoms with Crippen molar-refractivity contribution in [2.45, 2.75) is 51.4 Å². The van der Waals surface area contributed by atoms with Crippen LogP contribution in [0.2, 0.25) is 5.02 Å². The van der Waals surface area contributed by atoms with Crippen molar-refractivity contribution in [3.63, 3.8) is 0 Å². The van der Waals surface area contributed by atoms with Gasteiger partial charge in [0.25, 0.3) is 0 Å². The lowest BCUT2D eigenvalue weighted by Crippen LogP contribution is -2.29. The Balaban J connectivity index is 1.55. The van der Waals surface area contributed by atoms with Crippen molar-refractivity contribution in [1.29, 1.82) is 5.26 Å². The fourth-order valence-corrected chi connectivity index (χ4v) is 4.12. The summed E-state index contributed by atoms with van der Waals surface area (Å²) >= 11 is 6.07. The molecule has 3 aromatic carbocycles.